The fourth-order valence-corrected chi connectivity index (χ4v) is 2.40. The van der Waals surface area contributed by atoms with Gasteiger partial charge in [0.25, 0.3) is 0 Å². The largest absolute Gasteiger partial charge is 0.453 e. The van der Waals surface area contributed by atoms with E-state index < -0.39 is 0 Å². The van der Waals surface area contributed by atoms with E-state index in [9.17, 15) is 0 Å². The molecule has 1 aromatic carbocycles. The molecule has 1 heterocycles. The van der Waals surface area contributed by atoms with E-state index in [0.717, 1.165) is 10.4 Å². The number of furan rings is 1. The fourth-order valence-electron chi connectivity index (χ4n) is 1.55. The van der Waals surface area contributed by atoms with Crippen LogP contribution >= 0.6 is 31.9 Å². The predicted molar refractivity (Wildman–Crippen MR) is 73.1 cm³/mol. The summed E-state index contributed by atoms with van der Waals surface area (Å²) in [6.45, 7) is 4.24. The van der Waals surface area contributed by atoms with Crippen molar-refractivity contribution in [3.05, 3.63) is 57.5 Å². The van der Waals surface area contributed by atoms with Crippen LogP contribution in [0.2, 0.25) is 0 Å². The summed E-state index contributed by atoms with van der Waals surface area (Å²) in [6.07, 6.45) is 0. The molecule has 0 saturated carbocycles. The molecule has 1 nitrogen and oxygen atoms in total. The standard InChI is InChI=1S/C13H12Br2O/c1-8-3-4-10(7-9(8)2)13(15)11-5-6-12(14)16-11/h3-7,13H,1-2H3. The van der Waals surface area contributed by atoms with Gasteiger partial charge in [0, 0.05) is 0 Å². The van der Waals surface area contributed by atoms with Gasteiger partial charge in [0.05, 0.1) is 4.83 Å². The van der Waals surface area contributed by atoms with Crippen molar-refractivity contribution in [1.82, 2.24) is 0 Å². The Morgan fingerprint density at radius 1 is 1.06 bits per heavy atom. The fraction of sp³-hybridized carbons (Fsp3) is 0.231. The second-order valence-electron chi connectivity index (χ2n) is 3.85. The first-order chi connectivity index (χ1) is 7.58. The van der Waals surface area contributed by atoms with Gasteiger partial charge < -0.3 is 4.42 Å². The van der Waals surface area contributed by atoms with Gasteiger partial charge in [-0.1, -0.05) is 34.1 Å². The van der Waals surface area contributed by atoms with Crippen molar-refractivity contribution in [3.8, 4) is 0 Å². The van der Waals surface area contributed by atoms with E-state index in [0.29, 0.717) is 0 Å². The highest BCUT2D eigenvalue weighted by Gasteiger charge is 2.14. The molecule has 0 radical (unpaired) electrons. The Bertz CT molecular complexity index is 502. The number of hydrogen-bond acceptors (Lipinski definition) is 1. The smallest absolute Gasteiger partial charge is 0.169 e. The van der Waals surface area contributed by atoms with Crippen LogP contribution in [0.3, 0.4) is 0 Å². The quantitative estimate of drug-likeness (QED) is 0.688. The summed E-state index contributed by atoms with van der Waals surface area (Å²) < 4.78 is 6.30. The molecular weight excluding hydrogens is 332 g/mol. The highest BCUT2D eigenvalue weighted by atomic mass is 79.9. The molecule has 0 spiro atoms. The van der Waals surface area contributed by atoms with E-state index in [4.69, 9.17) is 4.42 Å². The lowest BCUT2D eigenvalue weighted by atomic mass is 10.0. The summed E-state index contributed by atoms with van der Waals surface area (Å²) in [7, 11) is 0. The SMILES string of the molecule is Cc1ccc(C(Br)c2ccc(Br)o2)cc1C. The third kappa shape index (κ3) is 2.41. The molecule has 0 fully saturated rings. The molecule has 0 bridgehead atoms. The van der Waals surface area contributed by atoms with Crippen LogP contribution in [-0.2, 0) is 0 Å². The predicted octanol–water partition coefficient (Wildman–Crippen LogP) is 5.14. The van der Waals surface area contributed by atoms with Gasteiger partial charge in [0.2, 0.25) is 0 Å². The van der Waals surface area contributed by atoms with Gasteiger partial charge in [-0.2, -0.15) is 0 Å². The molecule has 1 aromatic heterocycles. The van der Waals surface area contributed by atoms with E-state index in [1.165, 1.54) is 16.7 Å². The molecule has 0 amide bonds. The number of rotatable bonds is 2. The highest BCUT2D eigenvalue weighted by Crippen LogP contribution is 2.33. The van der Waals surface area contributed by atoms with Crippen molar-refractivity contribution < 1.29 is 4.42 Å². The molecule has 1 atom stereocenters. The zero-order valence-corrected chi connectivity index (χ0v) is 12.3. The van der Waals surface area contributed by atoms with E-state index in [1.807, 2.05) is 12.1 Å². The Hall–Kier alpha value is -0.540. The van der Waals surface area contributed by atoms with Gasteiger partial charge in [-0.3, -0.25) is 0 Å². The van der Waals surface area contributed by atoms with E-state index in [-0.39, 0.29) is 4.83 Å². The average molecular weight is 344 g/mol. The normalized spacial score (nSPS) is 12.8. The van der Waals surface area contributed by atoms with Crippen LogP contribution in [0.1, 0.15) is 27.3 Å². The van der Waals surface area contributed by atoms with E-state index >= 15 is 0 Å². The molecule has 16 heavy (non-hydrogen) atoms. The van der Waals surface area contributed by atoms with Crippen molar-refractivity contribution in [1.29, 1.82) is 0 Å². The first kappa shape index (κ1) is 11.9. The third-order valence-electron chi connectivity index (χ3n) is 2.67. The minimum Gasteiger partial charge on any atom is -0.453 e. The van der Waals surface area contributed by atoms with Crippen LogP contribution in [0.4, 0.5) is 0 Å². The van der Waals surface area contributed by atoms with Crippen molar-refractivity contribution in [2.75, 3.05) is 0 Å². The Morgan fingerprint density at radius 2 is 1.81 bits per heavy atom. The minimum atomic E-state index is 0.109. The van der Waals surface area contributed by atoms with Gasteiger partial charge in [-0.05, 0) is 58.6 Å². The molecule has 0 aliphatic heterocycles. The number of aryl methyl sites for hydroxylation is 2. The van der Waals surface area contributed by atoms with Crippen LogP contribution in [0.5, 0.6) is 0 Å². The van der Waals surface area contributed by atoms with Crippen LogP contribution < -0.4 is 0 Å². The minimum absolute atomic E-state index is 0.109. The summed E-state index contributed by atoms with van der Waals surface area (Å²) >= 11 is 6.96. The van der Waals surface area contributed by atoms with Crippen LogP contribution in [0.25, 0.3) is 0 Å². The molecule has 1 unspecified atom stereocenters. The second-order valence-corrected chi connectivity index (χ2v) is 5.55. The van der Waals surface area contributed by atoms with Crippen molar-refractivity contribution >= 4 is 31.9 Å². The molecule has 0 N–H and O–H groups in total. The first-order valence-electron chi connectivity index (χ1n) is 5.04. The number of benzene rings is 1. The summed E-state index contributed by atoms with van der Waals surface area (Å²) in [5.41, 5.74) is 3.82. The van der Waals surface area contributed by atoms with Crippen molar-refractivity contribution in [3.63, 3.8) is 0 Å². The van der Waals surface area contributed by atoms with Crippen molar-refractivity contribution in [2.24, 2.45) is 0 Å². The maximum absolute atomic E-state index is 5.54. The van der Waals surface area contributed by atoms with Crippen LogP contribution in [0, 0.1) is 13.8 Å². The Kier molecular flexibility index (Phi) is 3.55. The zero-order chi connectivity index (χ0) is 11.7. The van der Waals surface area contributed by atoms with Crippen molar-refractivity contribution in [2.45, 2.75) is 18.7 Å². The molecule has 2 aromatic rings. The molecular formula is C13H12Br2O. The lowest BCUT2D eigenvalue weighted by molar-refractivity contribution is 0.497. The number of halogens is 2. The van der Waals surface area contributed by atoms with Gasteiger partial charge >= 0.3 is 0 Å². The summed E-state index contributed by atoms with van der Waals surface area (Å²) in [4.78, 5) is 0.109. The van der Waals surface area contributed by atoms with E-state index in [2.05, 4.69) is 63.9 Å². The Morgan fingerprint density at radius 3 is 2.38 bits per heavy atom. The van der Waals surface area contributed by atoms with Crippen LogP contribution in [-0.4, -0.2) is 0 Å². The topological polar surface area (TPSA) is 13.1 Å². The van der Waals surface area contributed by atoms with Crippen LogP contribution in [0.15, 0.2) is 39.4 Å². The molecule has 0 aliphatic carbocycles. The molecule has 2 rings (SSSR count). The average Bonchev–Trinajstić information content (AvgIpc) is 2.68. The molecule has 0 saturated heterocycles. The Labute approximate surface area is 112 Å². The maximum atomic E-state index is 5.54. The lowest BCUT2D eigenvalue weighted by Crippen LogP contribution is -1.92. The first-order valence-corrected chi connectivity index (χ1v) is 6.75. The number of hydrogen-bond donors (Lipinski definition) is 0. The van der Waals surface area contributed by atoms with Gasteiger partial charge in [0.15, 0.2) is 4.67 Å². The molecule has 3 heteroatoms. The second kappa shape index (κ2) is 4.76. The van der Waals surface area contributed by atoms with E-state index in [1.54, 1.807) is 0 Å². The maximum Gasteiger partial charge on any atom is 0.169 e. The lowest BCUT2D eigenvalue weighted by Gasteiger charge is -2.09. The monoisotopic (exact) mass is 342 g/mol. The molecule has 84 valence electrons. The van der Waals surface area contributed by atoms with Gasteiger partial charge in [0.1, 0.15) is 5.76 Å². The molecule has 0 aliphatic rings. The summed E-state index contributed by atoms with van der Waals surface area (Å²) in [5, 5.41) is 0. The Balaban J connectivity index is 2.33. The zero-order valence-electron chi connectivity index (χ0n) is 9.13. The highest BCUT2D eigenvalue weighted by molar-refractivity contribution is 9.10. The van der Waals surface area contributed by atoms with Gasteiger partial charge in [-0.25, -0.2) is 0 Å². The summed E-state index contributed by atoms with van der Waals surface area (Å²) in [6, 6.07) is 10.3. The van der Waals surface area contributed by atoms with Gasteiger partial charge in [-0.15, -0.1) is 0 Å². The number of alkyl halides is 1. The third-order valence-corrected chi connectivity index (χ3v) is 4.07. The summed E-state index contributed by atoms with van der Waals surface area (Å²) in [5.74, 6) is 0.912.